The molecule has 1 rings (SSSR count). The van der Waals surface area contributed by atoms with Gasteiger partial charge in [-0.05, 0) is 47.0 Å². The van der Waals surface area contributed by atoms with Gasteiger partial charge in [0.25, 0.3) is 5.91 Å². The van der Waals surface area contributed by atoms with Crippen molar-refractivity contribution in [3.63, 3.8) is 0 Å². The number of hydrogen-bond acceptors (Lipinski definition) is 3. The van der Waals surface area contributed by atoms with E-state index in [0.29, 0.717) is 17.8 Å². The van der Waals surface area contributed by atoms with Crippen LogP contribution in [0.5, 0.6) is 0 Å². The summed E-state index contributed by atoms with van der Waals surface area (Å²) < 4.78 is 0.774. The van der Waals surface area contributed by atoms with Crippen molar-refractivity contribution in [2.24, 2.45) is 5.41 Å². The maximum Gasteiger partial charge on any atom is 0.251 e. The molecule has 19 heavy (non-hydrogen) atoms. The number of anilines is 1. The fourth-order valence-electron chi connectivity index (χ4n) is 1.83. The number of hydrogen-bond donors (Lipinski definition) is 3. The van der Waals surface area contributed by atoms with Crippen molar-refractivity contribution < 1.29 is 9.90 Å². The molecule has 0 atom stereocenters. The first-order valence-corrected chi connectivity index (χ1v) is 7.21. The van der Waals surface area contributed by atoms with E-state index in [0.717, 1.165) is 17.3 Å². The Morgan fingerprint density at radius 3 is 2.53 bits per heavy atom. The third kappa shape index (κ3) is 3.94. The lowest BCUT2D eigenvalue weighted by molar-refractivity contribution is 0.0851. The zero-order chi connectivity index (χ0) is 14.5. The topological polar surface area (TPSA) is 75.3 Å². The SMILES string of the molecule is CCC(CC)(CO)CNC(=O)c1ccc(Br)c(N)c1. The summed E-state index contributed by atoms with van der Waals surface area (Å²) in [5.74, 6) is -0.168. The molecule has 4 N–H and O–H groups in total. The van der Waals surface area contributed by atoms with Gasteiger partial charge < -0.3 is 16.2 Å². The predicted octanol–water partition coefficient (Wildman–Crippen LogP) is 2.56. The van der Waals surface area contributed by atoms with E-state index in [1.165, 1.54) is 0 Å². The summed E-state index contributed by atoms with van der Waals surface area (Å²) in [6.45, 7) is 4.57. The third-order valence-corrected chi connectivity index (χ3v) is 4.44. The first-order chi connectivity index (χ1) is 8.98. The van der Waals surface area contributed by atoms with Gasteiger partial charge in [-0.2, -0.15) is 0 Å². The third-order valence-electron chi connectivity index (χ3n) is 3.72. The Bertz CT molecular complexity index is 437. The van der Waals surface area contributed by atoms with Crippen LogP contribution in [0.25, 0.3) is 0 Å². The van der Waals surface area contributed by atoms with Crippen LogP contribution in [-0.4, -0.2) is 24.2 Å². The Morgan fingerprint density at radius 2 is 2.05 bits per heavy atom. The standard InChI is InChI=1S/C14H21BrN2O2/c1-3-14(4-2,9-18)8-17-13(19)10-5-6-11(15)12(16)7-10/h5-7,18H,3-4,8-9,16H2,1-2H3,(H,17,19). The Hall–Kier alpha value is -1.07. The molecule has 0 saturated heterocycles. The van der Waals surface area contributed by atoms with Crippen molar-refractivity contribution >= 4 is 27.5 Å². The lowest BCUT2D eigenvalue weighted by atomic mass is 9.83. The van der Waals surface area contributed by atoms with Crippen molar-refractivity contribution in [3.8, 4) is 0 Å². The predicted molar refractivity (Wildman–Crippen MR) is 81.0 cm³/mol. The number of nitrogens with two attached hydrogens (primary N) is 1. The Kier molecular flexibility index (Phi) is 5.82. The summed E-state index contributed by atoms with van der Waals surface area (Å²) in [7, 11) is 0. The molecular formula is C14H21BrN2O2. The second-order valence-corrected chi connectivity index (χ2v) is 5.64. The van der Waals surface area contributed by atoms with Crippen LogP contribution in [0.4, 0.5) is 5.69 Å². The Labute approximate surface area is 122 Å². The zero-order valence-electron chi connectivity index (χ0n) is 11.4. The van der Waals surface area contributed by atoms with Gasteiger partial charge in [-0.3, -0.25) is 4.79 Å². The Morgan fingerprint density at radius 1 is 1.42 bits per heavy atom. The average Bonchev–Trinajstić information content (AvgIpc) is 2.43. The first kappa shape index (κ1) is 16.0. The van der Waals surface area contributed by atoms with Crippen molar-refractivity contribution in [2.75, 3.05) is 18.9 Å². The number of carbonyl (C=O) groups is 1. The Balaban J connectivity index is 2.72. The number of carbonyl (C=O) groups excluding carboxylic acids is 1. The monoisotopic (exact) mass is 328 g/mol. The minimum atomic E-state index is -0.240. The number of benzene rings is 1. The molecule has 4 nitrogen and oxygen atoms in total. The largest absolute Gasteiger partial charge is 0.398 e. The molecule has 0 spiro atoms. The molecule has 106 valence electrons. The van der Waals surface area contributed by atoms with Crippen molar-refractivity contribution in [2.45, 2.75) is 26.7 Å². The summed E-state index contributed by atoms with van der Waals surface area (Å²) in [5.41, 5.74) is 6.57. The van der Waals surface area contributed by atoms with E-state index >= 15 is 0 Å². The number of aliphatic hydroxyl groups is 1. The molecule has 0 radical (unpaired) electrons. The van der Waals surface area contributed by atoms with Gasteiger partial charge in [-0.1, -0.05) is 13.8 Å². The van der Waals surface area contributed by atoms with Crippen molar-refractivity contribution in [1.82, 2.24) is 5.32 Å². The van der Waals surface area contributed by atoms with Crippen LogP contribution in [0, 0.1) is 5.41 Å². The van der Waals surface area contributed by atoms with Crippen LogP contribution in [0.1, 0.15) is 37.0 Å². The van der Waals surface area contributed by atoms with Gasteiger partial charge in [0.05, 0.1) is 6.61 Å². The van der Waals surface area contributed by atoms with Gasteiger partial charge in [0.15, 0.2) is 0 Å². The van der Waals surface area contributed by atoms with Crippen LogP contribution >= 0.6 is 15.9 Å². The first-order valence-electron chi connectivity index (χ1n) is 6.42. The second-order valence-electron chi connectivity index (χ2n) is 4.78. The summed E-state index contributed by atoms with van der Waals surface area (Å²) in [6.07, 6.45) is 1.64. The summed E-state index contributed by atoms with van der Waals surface area (Å²) in [5, 5.41) is 12.3. The van der Waals surface area contributed by atoms with Crippen LogP contribution in [0.2, 0.25) is 0 Å². The molecular weight excluding hydrogens is 308 g/mol. The molecule has 1 aromatic carbocycles. The van der Waals surface area contributed by atoms with Crippen LogP contribution in [-0.2, 0) is 0 Å². The quantitative estimate of drug-likeness (QED) is 0.702. The normalized spacial score (nSPS) is 11.4. The number of aliphatic hydroxyl groups excluding tert-OH is 1. The molecule has 0 unspecified atom stereocenters. The molecule has 0 saturated carbocycles. The molecule has 0 aromatic heterocycles. The minimum absolute atomic E-state index is 0.0722. The maximum atomic E-state index is 12.0. The minimum Gasteiger partial charge on any atom is -0.398 e. The molecule has 0 fully saturated rings. The van der Waals surface area contributed by atoms with Crippen molar-refractivity contribution in [1.29, 1.82) is 0 Å². The van der Waals surface area contributed by atoms with E-state index in [4.69, 9.17) is 5.73 Å². The molecule has 1 amide bonds. The van der Waals surface area contributed by atoms with Gasteiger partial charge >= 0.3 is 0 Å². The highest BCUT2D eigenvalue weighted by molar-refractivity contribution is 9.10. The van der Waals surface area contributed by atoms with Crippen molar-refractivity contribution in [3.05, 3.63) is 28.2 Å². The highest BCUT2D eigenvalue weighted by Crippen LogP contribution is 2.25. The summed E-state index contributed by atoms with van der Waals surface area (Å²) in [6, 6.07) is 5.11. The summed E-state index contributed by atoms with van der Waals surface area (Å²) in [4.78, 5) is 12.0. The smallest absolute Gasteiger partial charge is 0.251 e. The van der Waals surface area contributed by atoms with E-state index in [1.807, 2.05) is 13.8 Å². The summed E-state index contributed by atoms with van der Waals surface area (Å²) >= 11 is 3.29. The molecule has 0 aliphatic rings. The van der Waals surface area contributed by atoms with Gasteiger partial charge in [0.2, 0.25) is 0 Å². The maximum absolute atomic E-state index is 12.0. The van der Waals surface area contributed by atoms with Gasteiger partial charge in [0.1, 0.15) is 0 Å². The van der Waals surface area contributed by atoms with Gasteiger partial charge in [0, 0.05) is 27.7 Å². The van der Waals surface area contributed by atoms with E-state index in [-0.39, 0.29) is 17.9 Å². The van der Waals surface area contributed by atoms with E-state index in [2.05, 4.69) is 21.2 Å². The zero-order valence-corrected chi connectivity index (χ0v) is 13.0. The average molecular weight is 329 g/mol. The van der Waals surface area contributed by atoms with Gasteiger partial charge in [-0.25, -0.2) is 0 Å². The highest BCUT2D eigenvalue weighted by Gasteiger charge is 2.25. The molecule has 5 heteroatoms. The fourth-order valence-corrected chi connectivity index (χ4v) is 2.08. The lowest BCUT2D eigenvalue weighted by Crippen LogP contribution is -2.39. The number of amides is 1. The number of rotatable bonds is 6. The second kappa shape index (κ2) is 6.91. The number of halogens is 1. The lowest BCUT2D eigenvalue weighted by Gasteiger charge is -2.29. The van der Waals surface area contributed by atoms with E-state index < -0.39 is 0 Å². The van der Waals surface area contributed by atoms with Crippen LogP contribution < -0.4 is 11.1 Å². The van der Waals surface area contributed by atoms with E-state index in [9.17, 15) is 9.90 Å². The molecule has 1 aromatic rings. The highest BCUT2D eigenvalue weighted by atomic mass is 79.9. The fraction of sp³-hybridized carbons (Fsp3) is 0.500. The molecule has 0 heterocycles. The molecule has 0 aliphatic carbocycles. The molecule has 0 bridgehead atoms. The molecule has 0 aliphatic heterocycles. The van der Waals surface area contributed by atoms with E-state index in [1.54, 1.807) is 18.2 Å². The van der Waals surface area contributed by atoms with Crippen LogP contribution in [0.15, 0.2) is 22.7 Å². The number of nitrogens with one attached hydrogen (secondary N) is 1. The number of nitrogen functional groups attached to an aromatic ring is 1. The van der Waals surface area contributed by atoms with Crippen LogP contribution in [0.3, 0.4) is 0 Å². The van der Waals surface area contributed by atoms with Gasteiger partial charge in [-0.15, -0.1) is 0 Å².